The molecule has 0 radical (unpaired) electrons. The van der Waals surface area contributed by atoms with Gasteiger partial charge in [0.25, 0.3) is 0 Å². The second kappa shape index (κ2) is 9.52. The van der Waals surface area contributed by atoms with Crippen molar-refractivity contribution >= 4 is 28.4 Å². The summed E-state index contributed by atoms with van der Waals surface area (Å²) in [4.78, 5) is 32.8. The number of carbonyl (C=O) groups excluding carboxylic acids is 2. The van der Waals surface area contributed by atoms with E-state index in [0.29, 0.717) is 30.5 Å². The molecule has 1 aromatic heterocycles. The average Bonchev–Trinajstić information content (AvgIpc) is 3.13. The first kappa shape index (κ1) is 20.1. The molecule has 1 aliphatic heterocycles. The van der Waals surface area contributed by atoms with Gasteiger partial charge in [-0.05, 0) is 24.7 Å². The fourth-order valence-corrected chi connectivity index (χ4v) is 3.54. The van der Waals surface area contributed by atoms with Crippen molar-refractivity contribution < 1.29 is 14.3 Å². The Hall–Kier alpha value is -2.65. The van der Waals surface area contributed by atoms with Crippen LogP contribution in [-0.4, -0.2) is 67.1 Å². The topological polar surface area (TPSA) is 86.8 Å². The number of ether oxygens (including phenoxy) is 1. The molecule has 3 rings (SSSR count). The van der Waals surface area contributed by atoms with Crippen molar-refractivity contribution in [1.29, 1.82) is 0 Å². The van der Waals surface area contributed by atoms with Crippen LogP contribution in [0.2, 0.25) is 0 Å². The standard InChI is InChI=1S/C19H25N5O3S/c1-23-6-8-24(9-7-23)19(26)22-18-21-15(13-28-18)11-17(25)20-12-14-4-3-5-16(10-14)27-2/h3-5,10,13H,6-9,11-12H2,1-2H3,(H,20,25)(H,21,22,26). The normalized spacial score (nSPS) is 14.6. The number of thiazole rings is 1. The van der Waals surface area contributed by atoms with E-state index in [1.54, 1.807) is 17.4 Å². The molecule has 2 N–H and O–H groups in total. The zero-order chi connectivity index (χ0) is 19.9. The lowest BCUT2D eigenvalue weighted by Gasteiger charge is -2.32. The van der Waals surface area contributed by atoms with Gasteiger partial charge in [-0.1, -0.05) is 12.1 Å². The molecule has 28 heavy (non-hydrogen) atoms. The average molecular weight is 404 g/mol. The minimum atomic E-state index is -0.142. The largest absolute Gasteiger partial charge is 0.497 e. The zero-order valence-corrected chi connectivity index (χ0v) is 16.9. The van der Waals surface area contributed by atoms with Gasteiger partial charge in [-0.3, -0.25) is 10.1 Å². The number of carbonyl (C=O) groups is 2. The van der Waals surface area contributed by atoms with Gasteiger partial charge in [-0.2, -0.15) is 0 Å². The first-order valence-corrected chi connectivity index (χ1v) is 10.00. The van der Waals surface area contributed by atoms with Gasteiger partial charge in [0.05, 0.1) is 19.2 Å². The Balaban J connectivity index is 1.45. The second-order valence-electron chi connectivity index (χ2n) is 6.67. The molecule has 0 atom stereocenters. The van der Waals surface area contributed by atoms with E-state index in [1.165, 1.54) is 11.3 Å². The van der Waals surface area contributed by atoms with Gasteiger partial charge in [-0.15, -0.1) is 11.3 Å². The van der Waals surface area contributed by atoms with Crippen molar-refractivity contribution in [3.8, 4) is 5.75 Å². The number of aromatic nitrogens is 1. The number of piperazine rings is 1. The van der Waals surface area contributed by atoms with Crippen LogP contribution in [0, 0.1) is 0 Å². The summed E-state index contributed by atoms with van der Waals surface area (Å²) in [7, 11) is 3.65. The summed E-state index contributed by atoms with van der Waals surface area (Å²) >= 11 is 1.33. The van der Waals surface area contributed by atoms with Gasteiger partial charge in [0.15, 0.2) is 5.13 Å². The highest BCUT2D eigenvalue weighted by Crippen LogP contribution is 2.17. The Bertz CT molecular complexity index is 817. The molecule has 0 spiro atoms. The number of nitrogens with one attached hydrogen (secondary N) is 2. The van der Waals surface area contributed by atoms with E-state index in [0.717, 1.165) is 24.4 Å². The molecule has 8 nitrogen and oxygen atoms in total. The van der Waals surface area contributed by atoms with E-state index in [-0.39, 0.29) is 18.4 Å². The highest BCUT2D eigenvalue weighted by atomic mass is 32.1. The SMILES string of the molecule is COc1cccc(CNC(=O)Cc2csc(NC(=O)N3CCN(C)CC3)n2)c1. The summed E-state index contributed by atoms with van der Waals surface area (Å²) in [5.41, 5.74) is 1.60. The molecular weight excluding hydrogens is 378 g/mol. The van der Waals surface area contributed by atoms with E-state index in [4.69, 9.17) is 4.74 Å². The number of benzene rings is 1. The van der Waals surface area contributed by atoms with Gasteiger partial charge < -0.3 is 19.9 Å². The predicted molar refractivity (Wildman–Crippen MR) is 109 cm³/mol. The van der Waals surface area contributed by atoms with E-state index < -0.39 is 0 Å². The van der Waals surface area contributed by atoms with Crippen molar-refractivity contribution in [3.05, 3.63) is 40.9 Å². The van der Waals surface area contributed by atoms with Gasteiger partial charge in [-0.25, -0.2) is 9.78 Å². The lowest BCUT2D eigenvalue weighted by Crippen LogP contribution is -2.48. The highest BCUT2D eigenvalue weighted by molar-refractivity contribution is 7.13. The van der Waals surface area contributed by atoms with Gasteiger partial charge in [0, 0.05) is 38.1 Å². The fraction of sp³-hybridized carbons (Fsp3) is 0.421. The van der Waals surface area contributed by atoms with Crippen LogP contribution in [0.15, 0.2) is 29.6 Å². The predicted octanol–water partition coefficient (Wildman–Crippen LogP) is 1.79. The first-order chi connectivity index (χ1) is 13.5. The van der Waals surface area contributed by atoms with Crippen LogP contribution >= 0.6 is 11.3 Å². The molecular formula is C19H25N5O3S. The molecule has 1 aromatic carbocycles. The van der Waals surface area contributed by atoms with E-state index >= 15 is 0 Å². The Labute approximate surface area is 168 Å². The highest BCUT2D eigenvalue weighted by Gasteiger charge is 2.20. The summed E-state index contributed by atoms with van der Waals surface area (Å²) in [5, 5.41) is 8.01. The summed E-state index contributed by atoms with van der Waals surface area (Å²) in [6.07, 6.45) is 0.171. The lowest BCUT2D eigenvalue weighted by molar-refractivity contribution is -0.120. The third kappa shape index (κ3) is 5.67. The second-order valence-corrected chi connectivity index (χ2v) is 7.53. The third-order valence-corrected chi connectivity index (χ3v) is 5.33. The van der Waals surface area contributed by atoms with Crippen LogP contribution in [0.3, 0.4) is 0 Å². The van der Waals surface area contributed by atoms with Gasteiger partial charge >= 0.3 is 6.03 Å². The molecule has 0 saturated carbocycles. The number of likely N-dealkylation sites (N-methyl/N-ethyl adjacent to an activating group) is 1. The number of hydrogen-bond acceptors (Lipinski definition) is 6. The first-order valence-electron chi connectivity index (χ1n) is 9.12. The number of amides is 3. The smallest absolute Gasteiger partial charge is 0.323 e. The summed E-state index contributed by atoms with van der Waals surface area (Å²) in [6, 6.07) is 7.41. The number of hydrogen-bond donors (Lipinski definition) is 2. The van der Waals surface area contributed by atoms with Gasteiger partial charge in [0.1, 0.15) is 5.75 Å². The number of anilines is 1. The molecule has 2 heterocycles. The minimum absolute atomic E-state index is 0.120. The van der Waals surface area contributed by atoms with Crippen molar-refractivity contribution in [1.82, 2.24) is 20.1 Å². The maximum absolute atomic E-state index is 12.3. The molecule has 150 valence electrons. The number of urea groups is 1. The van der Waals surface area contributed by atoms with Crippen molar-refractivity contribution in [3.63, 3.8) is 0 Å². The van der Waals surface area contributed by atoms with Gasteiger partial charge in [0.2, 0.25) is 5.91 Å². The molecule has 0 bridgehead atoms. The number of rotatable bonds is 6. The lowest BCUT2D eigenvalue weighted by atomic mass is 10.2. The molecule has 0 aliphatic carbocycles. The van der Waals surface area contributed by atoms with Crippen LogP contribution in [0.5, 0.6) is 5.75 Å². The minimum Gasteiger partial charge on any atom is -0.497 e. The van der Waals surface area contributed by atoms with Crippen molar-refractivity contribution in [2.75, 3.05) is 45.7 Å². The third-order valence-electron chi connectivity index (χ3n) is 4.52. The van der Waals surface area contributed by atoms with E-state index in [1.807, 2.05) is 31.3 Å². The zero-order valence-electron chi connectivity index (χ0n) is 16.1. The Kier molecular flexibility index (Phi) is 6.83. The Morgan fingerprint density at radius 3 is 2.79 bits per heavy atom. The Morgan fingerprint density at radius 2 is 2.04 bits per heavy atom. The van der Waals surface area contributed by atoms with Crippen LogP contribution in [-0.2, 0) is 17.8 Å². The Morgan fingerprint density at radius 1 is 1.25 bits per heavy atom. The fourth-order valence-electron chi connectivity index (χ4n) is 2.84. The molecule has 3 amide bonds. The molecule has 1 saturated heterocycles. The van der Waals surface area contributed by atoms with Crippen LogP contribution in [0.4, 0.5) is 9.93 Å². The molecule has 1 aliphatic rings. The quantitative estimate of drug-likeness (QED) is 0.768. The van der Waals surface area contributed by atoms with Crippen molar-refractivity contribution in [2.45, 2.75) is 13.0 Å². The van der Waals surface area contributed by atoms with E-state index in [9.17, 15) is 9.59 Å². The maximum Gasteiger partial charge on any atom is 0.323 e. The molecule has 2 aromatic rings. The van der Waals surface area contributed by atoms with Crippen LogP contribution in [0.1, 0.15) is 11.3 Å². The van der Waals surface area contributed by atoms with Crippen LogP contribution in [0.25, 0.3) is 0 Å². The summed E-state index contributed by atoms with van der Waals surface area (Å²) in [5.74, 6) is 0.636. The van der Waals surface area contributed by atoms with Crippen molar-refractivity contribution in [2.24, 2.45) is 0 Å². The maximum atomic E-state index is 12.3. The number of nitrogens with zero attached hydrogens (tertiary/aromatic N) is 3. The monoisotopic (exact) mass is 403 g/mol. The molecule has 0 unspecified atom stereocenters. The summed E-state index contributed by atoms with van der Waals surface area (Å²) < 4.78 is 5.18. The molecule has 1 fully saturated rings. The van der Waals surface area contributed by atoms with E-state index in [2.05, 4.69) is 20.5 Å². The number of methoxy groups -OCH3 is 1. The molecule has 9 heteroatoms. The summed E-state index contributed by atoms with van der Waals surface area (Å²) in [6.45, 7) is 3.56. The van der Waals surface area contributed by atoms with Crippen LogP contribution < -0.4 is 15.4 Å².